The summed E-state index contributed by atoms with van der Waals surface area (Å²) in [5.41, 5.74) is 0.689. The molecule has 2 N–H and O–H groups in total. The molecule has 5 nitrogen and oxygen atoms in total. The Hall–Kier alpha value is -1.91. The van der Waals surface area contributed by atoms with Gasteiger partial charge in [-0.3, -0.25) is 0 Å². The molecule has 0 heterocycles. The van der Waals surface area contributed by atoms with Gasteiger partial charge in [0.15, 0.2) is 11.5 Å². The van der Waals surface area contributed by atoms with Gasteiger partial charge in [0.05, 0.1) is 14.2 Å². The third-order valence-electron chi connectivity index (χ3n) is 3.92. The van der Waals surface area contributed by atoms with Crippen molar-refractivity contribution in [3.05, 3.63) is 18.2 Å². The monoisotopic (exact) mass is 292 g/mol. The van der Waals surface area contributed by atoms with Gasteiger partial charge in [-0.15, -0.1) is 0 Å². The quantitative estimate of drug-likeness (QED) is 0.874. The Labute approximate surface area is 126 Å². The number of carbonyl (C=O) groups is 1. The van der Waals surface area contributed by atoms with Crippen LogP contribution in [0.2, 0.25) is 0 Å². The Balaban J connectivity index is 1.84. The minimum Gasteiger partial charge on any atom is -0.493 e. The summed E-state index contributed by atoms with van der Waals surface area (Å²) >= 11 is 0. The van der Waals surface area contributed by atoms with Crippen LogP contribution >= 0.6 is 0 Å². The SMILES string of the molecule is COc1ccc(NC(=O)NCC2CCCCC2)cc1OC. The molecule has 1 aliphatic rings. The van der Waals surface area contributed by atoms with E-state index in [1.54, 1.807) is 32.4 Å². The molecule has 0 bridgehead atoms. The molecule has 1 saturated carbocycles. The summed E-state index contributed by atoms with van der Waals surface area (Å²) in [6.07, 6.45) is 6.33. The summed E-state index contributed by atoms with van der Waals surface area (Å²) in [4.78, 5) is 11.9. The molecule has 1 aromatic rings. The third kappa shape index (κ3) is 4.55. The average molecular weight is 292 g/mol. The van der Waals surface area contributed by atoms with Crippen molar-refractivity contribution in [3.8, 4) is 11.5 Å². The second-order valence-corrected chi connectivity index (χ2v) is 5.41. The van der Waals surface area contributed by atoms with E-state index in [2.05, 4.69) is 10.6 Å². The van der Waals surface area contributed by atoms with Crippen LogP contribution in [0.3, 0.4) is 0 Å². The van der Waals surface area contributed by atoms with Crippen LogP contribution in [0.1, 0.15) is 32.1 Å². The molecular formula is C16H24N2O3. The van der Waals surface area contributed by atoms with Gasteiger partial charge in [-0.05, 0) is 30.9 Å². The zero-order valence-electron chi connectivity index (χ0n) is 12.8. The number of amides is 2. The molecule has 21 heavy (non-hydrogen) atoms. The number of nitrogens with one attached hydrogen (secondary N) is 2. The molecule has 0 saturated heterocycles. The van der Waals surface area contributed by atoms with E-state index in [1.807, 2.05) is 0 Å². The van der Waals surface area contributed by atoms with Gasteiger partial charge in [0, 0.05) is 18.3 Å². The highest BCUT2D eigenvalue weighted by Gasteiger charge is 2.14. The van der Waals surface area contributed by atoms with Crippen LogP contribution in [-0.4, -0.2) is 26.8 Å². The number of anilines is 1. The second-order valence-electron chi connectivity index (χ2n) is 5.41. The van der Waals surface area contributed by atoms with Gasteiger partial charge in [-0.1, -0.05) is 19.3 Å². The highest BCUT2D eigenvalue weighted by atomic mass is 16.5. The molecule has 1 aromatic carbocycles. The van der Waals surface area contributed by atoms with Crippen molar-refractivity contribution in [3.63, 3.8) is 0 Å². The van der Waals surface area contributed by atoms with E-state index in [1.165, 1.54) is 32.1 Å². The topological polar surface area (TPSA) is 59.6 Å². The van der Waals surface area contributed by atoms with E-state index < -0.39 is 0 Å². The molecule has 0 radical (unpaired) electrons. The Morgan fingerprint density at radius 3 is 2.52 bits per heavy atom. The molecule has 5 heteroatoms. The van der Waals surface area contributed by atoms with Gasteiger partial charge >= 0.3 is 6.03 Å². The Morgan fingerprint density at radius 2 is 1.86 bits per heavy atom. The number of ether oxygens (including phenoxy) is 2. The lowest BCUT2D eigenvalue weighted by atomic mass is 9.89. The molecule has 1 fully saturated rings. The minimum atomic E-state index is -0.173. The standard InChI is InChI=1S/C16H24N2O3/c1-20-14-9-8-13(10-15(14)21-2)18-16(19)17-11-12-6-4-3-5-7-12/h8-10,12H,3-7,11H2,1-2H3,(H2,17,18,19). The zero-order chi connectivity index (χ0) is 15.1. The molecule has 116 valence electrons. The van der Waals surface area contributed by atoms with Crippen LogP contribution in [0.15, 0.2) is 18.2 Å². The average Bonchev–Trinajstić information content (AvgIpc) is 2.53. The Morgan fingerprint density at radius 1 is 1.14 bits per heavy atom. The maximum atomic E-state index is 11.9. The number of hydrogen-bond acceptors (Lipinski definition) is 3. The molecular weight excluding hydrogens is 268 g/mol. The van der Waals surface area contributed by atoms with E-state index in [4.69, 9.17) is 9.47 Å². The van der Waals surface area contributed by atoms with Crippen LogP contribution in [-0.2, 0) is 0 Å². The lowest BCUT2D eigenvalue weighted by Gasteiger charge is -2.21. The summed E-state index contributed by atoms with van der Waals surface area (Å²) in [6, 6.07) is 5.14. The Bertz CT molecular complexity index is 471. The molecule has 2 amide bonds. The van der Waals surface area contributed by atoms with Crippen molar-refractivity contribution in [1.82, 2.24) is 5.32 Å². The smallest absolute Gasteiger partial charge is 0.319 e. The summed E-state index contributed by atoms with van der Waals surface area (Å²) < 4.78 is 10.4. The molecule has 0 atom stereocenters. The summed E-state index contributed by atoms with van der Waals surface area (Å²) in [6.45, 7) is 0.749. The van der Waals surface area contributed by atoms with E-state index in [0.29, 0.717) is 23.1 Å². The maximum Gasteiger partial charge on any atom is 0.319 e. The number of urea groups is 1. The minimum absolute atomic E-state index is 0.173. The molecule has 0 unspecified atom stereocenters. The van der Waals surface area contributed by atoms with E-state index >= 15 is 0 Å². The molecule has 2 rings (SSSR count). The van der Waals surface area contributed by atoms with Gasteiger partial charge in [0.25, 0.3) is 0 Å². The van der Waals surface area contributed by atoms with Crippen LogP contribution < -0.4 is 20.1 Å². The molecule has 0 aliphatic heterocycles. The molecule has 0 aromatic heterocycles. The predicted octanol–water partition coefficient (Wildman–Crippen LogP) is 3.41. The van der Waals surface area contributed by atoms with Crippen molar-refractivity contribution in [2.24, 2.45) is 5.92 Å². The fourth-order valence-corrected chi connectivity index (χ4v) is 2.72. The third-order valence-corrected chi connectivity index (χ3v) is 3.92. The fraction of sp³-hybridized carbons (Fsp3) is 0.562. The first kappa shape index (κ1) is 15.5. The van der Waals surface area contributed by atoms with Crippen molar-refractivity contribution < 1.29 is 14.3 Å². The van der Waals surface area contributed by atoms with Crippen LogP contribution in [0, 0.1) is 5.92 Å². The first-order valence-corrected chi connectivity index (χ1v) is 7.50. The number of methoxy groups -OCH3 is 2. The van der Waals surface area contributed by atoms with Crippen LogP contribution in [0.4, 0.5) is 10.5 Å². The molecule has 0 spiro atoms. The van der Waals surface area contributed by atoms with Gasteiger partial charge in [-0.2, -0.15) is 0 Å². The summed E-state index contributed by atoms with van der Waals surface area (Å²) in [7, 11) is 3.16. The summed E-state index contributed by atoms with van der Waals surface area (Å²) in [5, 5.41) is 5.77. The van der Waals surface area contributed by atoms with Crippen molar-refractivity contribution in [1.29, 1.82) is 0 Å². The highest BCUT2D eigenvalue weighted by Crippen LogP contribution is 2.29. The second kappa shape index (κ2) is 7.76. The van der Waals surface area contributed by atoms with Gasteiger partial charge in [0.2, 0.25) is 0 Å². The van der Waals surface area contributed by atoms with E-state index in [9.17, 15) is 4.79 Å². The first-order valence-electron chi connectivity index (χ1n) is 7.50. The van der Waals surface area contributed by atoms with Crippen LogP contribution in [0.25, 0.3) is 0 Å². The first-order chi connectivity index (χ1) is 10.2. The largest absolute Gasteiger partial charge is 0.493 e. The van der Waals surface area contributed by atoms with E-state index in [-0.39, 0.29) is 6.03 Å². The number of rotatable bonds is 5. The van der Waals surface area contributed by atoms with E-state index in [0.717, 1.165) is 6.54 Å². The van der Waals surface area contributed by atoms with Gasteiger partial charge < -0.3 is 20.1 Å². The fourth-order valence-electron chi connectivity index (χ4n) is 2.72. The van der Waals surface area contributed by atoms with Gasteiger partial charge in [0.1, 0.15) is 0 Å². The van der Waals surface area contributed by atoms with Crippen molar-refractivity contribution >= 4 is 11.7 Å². The normalized spacial score (nSPS) is 15.3. The Kier molecular flexibility index (Phi) is 5.72. The lowest BCUT2D eigenvalue weighted by molar-refractivity contribution is 0.247. The lowest BCUT2D eigenvalue weighted by Crippen LogP contribution is -2.33. The molecule has 1 aliphatic carbocycles. The van der Waals surface area contributed by atoms with Gasteiger partial charge in [-0.25, -0.2) is 4.79 Å². The predicted molar refractivity (Wildman–Crippen MR) is 83.1 cm³/mol. The number of hydrogen-bond donors (Lipinski definition) is 2. The highest BCUT2D eigenvalue weighted by molar-refractivity contribution is 5.89. The van der Waals surface area contributed by atoms with Crippen LogP contribution in [0.5, 0.6) is 11.5 Å². The zero-order valence-corrected chi connectivity index (χ0v) is 12.8. The van der Waals surface area contributed by atoms with Crippen molar-refractivity contribution in [2.45, 2.75) is 32.1 Å². The van der Waals surface area contributed by atoms with Crippen molar-refractivity contribution in [2.75, 3.05) is 26.1 Å². The summed E-state index contributed by atoms with van der Waals surface area (Å²) in [5.74, 6) is 1.86. The number of benzene rings is 1. The maximum absolute atomic E-state index is 11.9. The number of carbonyl (C=O) groups excluding carboxylic acids is 1.